The van der Waals surface area contributed by atoms with Gasteiger partial charge < -0.3 is 24.6 Å². The van der Waals surface area contributed by atoms with Crippen molar-refractivity contribution in [2.45, 2.75) is 25.6 Å². The Hall–Kier alpha value is -4.27. The zero-order valence-electron chi connectivity index (χ0n) is 19.0. The largest absolute Gasteiger partial charge is 0.454 e. The Labute approximate surface area is 202 Å². The number of ether oxygens (including phenoxy) is 2. The highest BCUT2D eigenvalue weighted by molar-refractivity contribution is 6.01. The first-order chi connectivity index (χ1) is 17.1. The average molecular weight is 473 g/mol. The van der Waals surface area contributed by atoms with E-state index >= 15 is 0 Å². The lowest BCUT2D eigenvalue weighted by molar-refractivity contribution is -0.384. The summed E-state index contributed by atoms with van der Waals surface area (Å²) in [7, 11) is 0. The van der Waals surface area contributed by atoms with E-state index in [1.54, 1.807) is 17.0 Å². The van der Waals surface area contributed by atoms with Crippen LogP contribution in [0.1, 0.15) is 40.5 Å². The van der Waals surface area contributed by atoms with E-state index in [2.05, 4.69) is 10.2 Å². The summed E-state index contributed by atoms with van der Waals surface area (Å²) >= 11 is 0. The van der Waals surface area contributed by atoms with Crippen LogP contribution in [0.3, 0.4) is 0 Å². The number of carbonyl (C=O) groups excluding carboxylic acids is 1. The lowest BCUT2D eigenvalue weighted by atomic mass is 10.0. The first-order valence-corrected chi connectivity index (χ1v) is 11.7. The van der Waals surface area contributed by atoms with Gasteiger partial charge in [-0.3, -0.25) is 14.9 Å². The summed E-state index contributed by atoms with van der Waals surface area (Å²) in [5.41, 5.74) is 3.48. The number of nitrogens with one attached hydrogen (secondary N) is 1. The van der Waals surface area contributed by atoms with Crippen LogP contribution >= 0.6 is 0 Å². The predicted molar refractivity (Wildman–Crippen MR) is 130 cm³/mol. The molecule has 1 amide bonds. The van der Waals surface area contributed by atoms with E-state index in [1.165, 1.54) is 0 Å². The summed E-state index contributed by atoms with van der Waals surface area (Å²) in [5, 5.41) is 15.4. The number of nitro groups is 1. The lowest BCUT2D eigenvalue weighted by Crippen LogP contribution is -2.42. The van der Waals surface area contributed by atoms with Gasteiger partial charge in [-0.15, -0.1) is 0 Å². The first-order valence-electron chi connectivity index (χ1n) is 11.7. The van der Waals surface area contributed by atoms with E-state index < -0.39 is 6.17 Å². The molecule has 35 heavy (non-hydrogen) atoms. The molecule has 0 aromatic heterocycles. The summed E-state index contributed by atoms with van der Waals surface area (Å²) < 4.78 is 10.9. The molecule has 3 aliphatic rings. The highest BCUT2D eigenvalue weighted by atomic mass is 16.7. The van der Waals surface area contributed by atoms with Gasteiger partial charge in [0.15, 0.2) is 11.5 Å². The van der Waals surface area contributed by atoms with Crippen LogP contribution in [0.25, 0.3) is 0 Å². The molecule has 0 radical (unpaired) electrons. The Bertz CT molecular complexity index is 1320. The van der Waals surface area contributed by atoms with Gasteiger partial charge in [0.1, 0.15) is 11.9 Å². The number of nitrogens with zero attached hydrogens (tertiary/aromatic N) is 3. The second-order valence-corrected chi connectivity index (χ2v) is 8.91. The normalized spacial score (nSPS) is 18.4. The van der Waals surface area contributed by atoms with Crippen molar-refractivity contribution >= 4 is 23.0 Å². The molecule has 3 aromatic carbocycles. The standard InChI is InChI=1S/C26H24N4O5/c31-26-19-5-1-2-6-20(19)27-25(29(26)15-17-7-10-23-24(13-17)35-16-34-23)18-8-9-21(22(14-18)30(32)33)28-11-3-4-12-28/h1-2,5-10,13-14,25,27H,3-4,11-12,15-16H2/t25-/m0/s1. The number of hydrogen-bond acceptors (Lipinski definition) is 7. The molecule has 0 unspecified atom stereocenters. The molecule has 3 aromatic rings. The molecule has 6 rings (SSSR count). The molecule has 3 aliphatic heterocycles. The van der Waals surface area contributed by atoms with Gasteiger partial charge in [-0.25, -0.2) is 0 Å². The molecule has 0 spiro atoms. The number of carbonyl (C=O) groups is 1. The Balaban J connectivity index is 1.40. The van der Waals surface area contributed by atoms with Crippen molar-refractivity contribution in [2.75, 3.05) is 30.1 Å². The van der Waals surface area contributed by atoms with E-state index in [-0.39, 0.29) is 23.3 Å². The molecule has 1 fully saturated rings. The molecule has 0 bridgehead atoms. The molecule has 1 N–H and O–H groups in total. The van der Waals surface area contributed by atoms with E-state index in [1.807, 2.05) is 48.5 Å². The fraction of sp³-hybridized carbons (Fsp3) is 0.269. The number of para-hydroxylation sites is 1. The van der Waals surface area contributed by atoms with Crippen molar-refractivity contribution in [2.24, 2.45) is 0 Å². The van der Waals surface area contributed by atoms with Crippen LogP contribution in [0.4, 0.5) is 17.1 Å². The number of nitro benzene ring substituents is 1. The quantitative estimate of drug-likeness (QED) is 0.425. The molecule has 0 saturated carbocycles. The van der Waals surface area contributed by atoms with Crippen LogP contribution in [0.5, 0.6) is 11.5 Å². The summed E-state index contributed by atoms with van der Waals surface area (Å²) in [5.74, 6) is 1.17. The van der Waals surface area contributed by atoms with Gasteiger partial charge in [0, 0.05) is 37.0 Å². The van der Waals surface area contributed by atoms with Gasteiger partial charge in [0.2, 0.25) is 6.79 Å². The number of fused-ring (bicyclic) bond motifs is 2. The van der Waals surface area contributed by atoms with Crippen LogP contribution in [0.15, 0.2) is 60.7 Å². The third-order valence-corrected chi connectivity index (χ3v) is 6.77. The summed E-state index contributed by atoms with van der Waals surface area (Å²) in [6.45, 7) is 2.09. The van der Waals surface area contributed by atoms with Crippen LogP contribution in [0, 0.1) is 10.1 Å². The molecule has 9 heteroatoms. The van der Waals surface area contributed by atoms with E-state index in [0.717, 1.165) is 31.5 Å². The maximum absolute atomic E-state index is 13.6. The van der Waals surface area contributed by atoms with Gasteiger partial charge >= 0.3 is 0 Å². The zero-order chi connectivity index (χ0) is 23.9. The molecule has 178 valence electrons. The summed E-state index contributed by atoms with van der Waals surface area (Å²) in [6.07, 6.45) is 1.48. The van der Waals surface area contributed by atoms with Crippen LogP contribution < -0.4 is 19.7 Å². The SMILES string of the molecule is O=C1c2ccccc2N[C@H](c2ccc(N3CCCC3)c([N+](=O)[O-])c2)N1Cc1ccc2c(c1)OCO2. The second-order valence-electron chi connectivity index (χ2n) is 8.91. The molecular weight excluding hydrogens is 448 g/mol. The second kappa shape index (κ2) is 8.50. The van der Waals surface area contributed by atoms with Gasteiger partial charge in [-0.1, -0.05) is 24.3 Å². The zero-order valence-corrected chi connectivity index (χ0v) is 19.0. The van der Waals surface area contributed by atoms with Crippen molar-refractivity contribution < 1.29 is 19.2 Å². The molecule has 1 atom stereocenters. The van der Waals surface area contributed by atoms with Crippen molar-refractivity contribution in [3.05, 3.63) is 87.5 Å². The van der Waals surface area contributed by atoms with E-state index in [4.69, 9.17) is 9.47 Å². The highest BCUT2D eigenvalue weighted by Gasteiger charge is 2.35. The minimum Gasteiger partial charge on any atom is -0.454 e. The number of anilines is 2. The summed E-state index contributed by atoms with van der Waals surface area (Å²) in [6, 6.07) is 18.2. The maximum atomic E-state index is 13.6. The fourth-order valence-electron chi connectivity index (χ4n) is 5.04. The monoisotopic (exact) mass is 472 g/mol. The third kappa shape index (κ3) is 3.78. The van der Waals surface area contributed by atoms with Crippen molar-refractivity contribution in [1.82, 2.24) is 4.90 Å². The van der Waals surface area contributed by atoms with Crippen LogP contribution in [0.2, 0.25) is 0 Å². The Morgan fingerprint density at radius 2 is 1.80 bits per heavy atom. The molecule has 9 nitrogen and oxygen atoms in total. The first kappa shape index (κ1) is 21.3. The average Bonchev–Trinajstić information content (AvgIpc) is 3.57. The highest BCUT2D eigenvalue weighted by Crippen LogP contribution is 2.39. The van der Waals surface area contributed by atoms with Crippen molar-refractivity contribution in [3.63, 3.8) is 0 Å². The number of amides is 1. The Morgan fingerprint density at radius 1 is 1.00 bits per heavy atom. The van der Waals surface area contributed by atoms with Crippen molar-refractivity contribution in [3.8, 4) is 11.5 Å². The third-order valence-electron chi connectivity index (χ3n) is 6.77. The Kier molecular flexibility index (Phi) is 5.17. The molecular formula is C26H24N4O5. The topological polar surface area (TPSA) is 97.2 Å². The molecule has 1 saturated heterocycles. The number of benzene rings is 3. The molecule has 3 heterocycles. The van der Waals surface area contributed by atoms with Gasteiger partial charge in [0.25, 0.3) is 11.6 Å². The van der Waals surface area contributed by atoms with Gasteiger partial charge in [-0.05, 0) is 48.7 Å². The predicted octanol–water partition coefficient (Wildman–Crippen LogP) is 4.69. The molecule has 0 aliphatic carbocycles. The van der Waals surface area contributed by atoms with E-state index in [0.29, 0.717) is 40.5 Å². The fourth-order valence-corrected chi connectivity index (χ4v) is 5.04. The smallest absolute Gasteiger partial charge is 0.292 e. The van der Waals surface area contributed by atoms with Crippen LogP contribution in [-0.2, 0) is 6.54 Å². The minimum absolute atomic E-state index is 0.0561. The van der Waals surface area contributed by atoms with Crippen molar-refractivity contribution in [1.29, 1.82) is 0 Å². The van der Waals surface area contributed by atoms with Gasteiger partial charge in [0.05, 0.1) is 10.5 Å². The van der Waals surface area contributed by atoms with Gasteiger partial charge in [-0.2, -0.15) is 0 Å². The Morgan fingerprint density at radius 3 is 2.63 bits per heavy atom. The lowest BCUT2D eigenvalue weighted by Gasteiger charge is -2.38. The van der Waals surface area contributed by atoms with Crippen LogP contribution in [-0.4, -0.2) is 35.6 Å². The number of rotatable bonds is 5. The minimum atomic E-state index is -0.575. The van der Waals surface area contributed by atoms with E-state index in [9.17, 15) is 14.9 Å². The maximum Gasteiger partial charge on any atom is 0.292 e. The summed E-state index contributed by atoms with van der Waals surface area (Å²) in [4.78, 5) is 29.1. The number of hydrogen-bond donors (Lipinski definition) is 1.